The van der Waals surface area contributed by atoms with E-state index in [1.165, 1.54) is 0 Å². The first-order valence-electron chi connectivity index (χ1n) is 10.5. The van der Waals surface area contributed by atoms with Gasteiger partial charge < -0.3 is 10.5 Å². The van der Waals surface area contributed by atoms with Gasteiger partial charge in [0.05, 0.1) is 30.8 Å². The Labute approximate surface area is 185 Å². The lowest BCUT2D eigenvalue weighted by Gasteiger charge is -2.46. The fourth-order valence-corrected chi connectivity index (χ4v) is 5.61. The number of nitrogens with zero attached hydrogens (tertiary/aromatic N) is 3. The Morgan fingerprint density at radius 3 is 2.55 bits per heavy atom. The Morgan fingerprint density at radius 1 is 1.10 bits per heavy atom. The molecule has 2 unspecified atom stereocenters. The van der Waals surface area contributed by atoms with Crippen LogP contribution >= 0.6 is 11.3 Å². The van der Waals surface area contributed by atoms with E-state index in [4.69, 9.17) is 10.5 Å². The molecule has 7 heteroatoms. The number of nitriles is 1. The first-order chi connectivity index (χ1) is 15.2. The van der Waals surface area contributed by atoms with Crippen LogP contribution in [0.15, 0.2) is 69.8 Å². The maximum absolute atomic E-state index is 13.6. The molecule has 0 radical (unpaired) electrons. The Bertz CT molecular complexity index is 1080. The minimum atomic E-state index is -0.396. The van der Waals surface area contributed by atoms with E-state index in [9.17, 15) is 10.1 Å². The van der Waals surface area contributed by atoms with Gasteiger partial charge in [-0.3, -0.25) is 9.80 Å². The molecule has 5 rings (SSSR count). The van der Waals surface area contributed by atoms with Crippen LogP contribution in [-0.4, -0.2) is 42.1 Å². The van der Waals surface area contributed by atoms with E-state index in [1.54, 1.807) is 11.3 Å². The lowest BCUT2D eigenvalue weighted by molar-refractivity contribution is -0.117. The second-order valence-corrected chi connectivity index (χ2v) is 8.86. The molecular weight excluding hydrogens is 408 g/mol. The van der Waals surface area contributed by atoms with Gasteiger partial charge in [-0.25, -0.2) is 5.01 Å². The number of nitrogens with two attached hydrogens (primary N) is 1. The van der Waals surface area contributed by atoms with Gasteiger partial charge in [-0.05, 0) is 40.3 Å². The number of hydrogen-bond donors (Lipinski definition) is 1. The van der Waals surface area contributed by atoms with Gasteiger partial charge in [-0.1, -0.05) is 30.3 Å². The second kappa shape index (κ2) is 8.31. The fourth-order valence-electron chi connectivity index (χ4n) is 4.92. The maximum atomic E-state index is 13.6. The highest BCUT2D eigenvalue weighted by Crippen LogP contribution is 2.48. The molecule has 2 aliphatic heterocycles. The molecule has 1 aromatic heterocycles. The molecule has 1 saturated heterocycles. The summed E-state index contributed by atoms with van der Waals surface area (Å²) >= 11 is 1.57. The Morgan fingerprint density at radius 2 is 1.87 bits per heavy atom. The summed E-state index contributed by atoms with van der Waals surface area (Å²) in [4.78, 5) is 13.6. The average molecular weight is 433 g/mol. The normalized spacial score (nSPS) is 24.9. The highest BCUT2D eigenvalue weighted by molar-refractivity contribution is 7.08. The van der Waals surface area contributed by atoms with Crippen molar-refractivity contribution >= 4 is 17.1 Å². The first kappa shape index (κ1) is 20.0. The molecule has 0 saturated carbocycles. The molecule has 3 heterocycles. The van der Waals surface area contributed by atoms with E-state index < -0.39 is 5.92 Å². The second-order valence-electron chi connectivity index (χ2n) is 8.08. The van der Waals surface area contributed by atoms with Crippen LogP contribution in [0.3, 0.4) is 0 Å². The molecule has 6 nitrogen and oxygen atoms in total. The standard InChI is InChI=1S/C24H24N4O2S/c25-14-19-22(17-6-11-31-15-17)23-20(28(24(19)26)27-7-9-30-10-8-27)12-18(13-21(23)29)16-4-2-1-3-5-16/h1-6,11,15,18,22H,7-10,12-13,26H2. The van der Waals surface area contributed by atoms with Crippen LogP contribution in [0.2, 0.25) is 0 Å². The van der Waals surface area contributed by atoms with Gasteiger partial charge in [-0.15, -0.1) is 0 Å². The smallest absolute Gasteiger partial charge is 0.162 e. The van der Waals surface area contributed by atoms with Crippen molar-refractivity contribution in [3.63, 3.8) is 0 Å². The summed E-state index contributed by atoms with van der Waals surface area (Å²) in [7, 11) is 0. The van der Waals surface area contributed by atoms with Crippen LogP contribution in [0.1, 0.15) is 35.8 Å². The number of benzene rings is 1. The highest BCUT2D eigenvalue weighted by atomic mass is 32.1. The largest absolute Gasteiger partial charge is 0.383 e. The molecule has 2 N–H and O–H groups in total. The number of ether oxygens (including phenoxy) is 1. The number of carbonyl (C=O) groups excluding carboxylic acids is 1. The summed E-state index contributed by atoms with van der Waals surface area (Å²) in [6.07, 6.45) is 1.15. The Hall–Kier alpha value is -2.92. The Kier molecular flexibility index (Phi) is 5.36. The third-order valence-corrected chi connectivity index (χ3v) is 7.06. The Balaban J connectivity index is 1.65. The van der Waals surface area contributed by atoms with Gasteiger partial charge in [0.15, 0.2) is 5.78 Å². The number of thiophene rings is 1. The zero-order valence-corrected chi connectivity index (χ0v) is 18.0. The number of hydrazine groups is 1. The number of Topliss-reactive ketones (excluding diaryl/α,β-unsaturated/α-hetero) is 1. The van der Waals surface area contributed by atoms with Crippen LogP contribution in [0.5, 0.6) is 0 Å². The fraction of sp³-hybridized carbons (Fsp3) is 0.333. The van der Waals surface area contributed by atoms with Crippen molar-refractivity contribution in [2.24, 2.45) is 5.73 Å². The minimum Gasteiger partial charge on any atom is -0.383 e. The molecule has 2 aromatic rings. The number of carbonyl (C=O) groups is 1. The molecule has 31 heavy (non-hydrogen) atoms. The number of allylic oxidation sites excluding steroid dienone is 3. The molecule has 1 aromatic carbocycles. The van der Waals surface area contributed by atoms with E-state index >= 15 is 0 Å². The summed E-state index contributed by atoms with van der Waals surface area (Å²) in [5.41, 5.74) is 10.9. The van der Waals surface area contributed by atoms with Gasteiger partial charge in [0.25, 0.3) is 0 Å². The lowest BCUT2D eigenvalue weighted by atomic mass is 9.72. The van der Waals surface area contributed by atoms with E-state index in [1.807, 2.05) is 40.0 Å². The van der Waals surface area contributed by atoms with Crippen LogP contribution in [0, 0.1) is 11.3 Å². The molecule has 3 aliphatic rings. The van der Waals surface area contributed by atoms with Gasteiger partial charge in [-0.2, -0.15) is 16.6 Å². The predicted octanol–water partition coefficient (Wildman–Crippen LogP) is 3.49. The van der Waals surface area contributed by atoms with Crippen molar-refractivity contribution in [2.45, 2.75) is 24.7 Å². The molecule has 158 valence electrons. The topological polar surface area (TPSA) is 82.6 Å². The number of ketones is 1. The van der Waals surface area contributed by atoms with E-state index in [-0.39, 0.29) is 11.7 Å². The number of rotatable bonds is 3. The minimum absolute atomic E-state index is 0.0931. The SMILES string of the molecule is N#CC1=C(N)N(N2CCOCC2)C2=C(C(=O)CC(c3ccccc3)C2)C1c1ccsc1. The van der Waals surface area contributed by atoms with E-state index in [0.717, 1.165) is 22.4 Å². The summed E-state index contributed by atoms with van der Waals surface area (Å²) < 4.78 is 5.53. The summed E-state index contributed by atoms with van der Waals surface area (Å²) in [6.45, 7) is 2.53. The zero-order valence-electron chi connectivity index (χ0n) is 17.2. The molecular formula is C24H24N4O2S. The van der Waals surface area contributed by atoms with Crippen molar-refractivity contribution in [3.8, 4) is 6.07 Å². The number of morpholine rings is 1. The summed E-state index contributed by atoms with van der Waals surface area (Å²) in [5.74, 6) is 0.231. The molecule has 1 aliphatic carbocycles. The van der Waals surface area contributed by atoms with Gasteiger partial charge >= 0.3 is 0 Å². The van der Waals surface area contributed by atoms with Crippen LogP contribution < -0.4 is 5.73 Å². The van der Waals surface area contributed by atoms with Gasteiger partial charge in [0.2, 0.25) is 0 Å². The molecule has 0 bridgehead atoms. The first-order valence-corrected chi connectivity index (χ1v) is 11.5. The van der Waals surface area contributed by atoms with Crippen LogP contribution in [0.25, 0.3) is 0 Å². The zero-order chi connectivity index (χ0) is 21.4. The van der Waals surface area contributed by atoms with Crippen LogP contribution in [-0.2, 0) is 9.53 Å². The van der Waals surface area contributed by atoms with Crippen molar-refractivity contribution in [1.29, 1.82) is 5.26 Å². The van der Waals surface area contributed by atoms with Crippen LogP contribution in [0.4, 0.5) is 0 Å². The molecule has 0 spiro atoms. The molecule has 0 amide bonds. The quantitative estimate of drug-likeness (QED) is 0.800. The number of hydrogen-bond acceptors (Lipinski definition) is 7. The third kappa shape index (κ3) is 3.47. The van der Waals surface area contributed by atoms with Crippen molar-refractivity contribution < 1.29 is 9.53 Å². The van der Waals surface area contributed by atoms with Crippen molar-refractivity contribution in [3.05, 3.63) is 80.9 Å². The lowest BCUT2D eigenvalue weighted by Crippen LogP contribution is -2.52. The highest BCUT2D eigenvalue weighted by Gasteiger charge is 2.44. The summed E-state index contributed by atoms with van der Waals surface area (Å²) in [5, 5.41) is 18.1. The molecule has 1 fully saturated rings. The summed E-state index contributed by atoms with van der Waals surface area (Å²) in [6, 6.07) is 14.5. The van der Waals surface area contributed by atoms with Crippen molar-refractivity contribution in [2.75, 3.05) is 26.3 Å². The van der Waals surface area contributed by atoms with Gasteiger partial charge in [0, 0.05) is 30.8 Å². The monoisotopic (exact) mass is 432 g/mol. The maximum Gasteiger partial charge on any atom is 0.162 e. The predicted molar refractivity (Wildman–Crippen MR) is 119 cm³/mol. The van der Waals surface area contributed by atoms with Gasteiger partial charge in [0.1, 0.15) is 5.82 Å². The average Bonchev–Trinajstić information content (AvgIpc) is 3.34. The van der Waals surface area contributed by atoms with E-state index in [2.05, 4.69) is 23.2 Å². The molecule has 2 atom stereocenters. The third-order valence-electron chi connectivity index (χ3n) is 6.36. The van der Waals surface area contributed by atoms with Crippen molar-refractivity contribution in [1.82, 2.24) is 10.0 Å². The van der Waals surface area contributed by atoms with E-state index in [0.29, 0.717) is 50.5 Å².